The van der Waals surface area contributed by atoms with Gasteiger partial charge >= 0.3 is 0 Å². The van der Waals surface area contributed by atoms with Crippen LogP contribution in [0.1, 0.15) is 10.7 Å². The maximum atomic E-state index is 5.36. The summed E-state index contributed by atoms with van der Waals surface area (Å²) < 4.78 is 4.89. The van der Waals surface area contributed by atoms with E-state index in [2.05, 4.69) is 4.98 Å². The summed E-state index contributed by atoms with van der Waals surface area (Å²) in [7, 11) is 1.66. The van der Waals surface area contributed by atoms with Crippen molar-refractivity contribution in [2.45, 2.75) is 13.2 Å². The molecule has 3 nitrogen and oxygen atoms in total. The highest BCUT2D eigenvalue weighted by Gasteiger charge is 1.97. The fourth-order valence-corrected chi connectivity index (χ4v) is 1.41. The van der Waals surface area contributed by atoms with Gasteiger partial charge in [0.2, 0.25) is 0 Å². The zero-order chi connectivity index (χ0) is 7.40. The Kier molecular flexibility index (Phi) is 2.80. The highest BCUT2D eigenvalue weighted by Crippen LogP contribution is 2.09. The summed E-state index contributed by atoms with van der Waals surface area (Å²) in [4.78, 5) is 4.19. The van der Waals surface area contributed by atoms with Gasteiger partial charge in [-0.1, -0.05) is 0 Å². The van der Waals surface area contributed by atoms with Gasteiger partial charge in [-0.3, -0.25) is 0 Å². The van der Waals surface area contributed by atoms with Crippen molar-refractivity contribution >= 4 is 11.3 Å². The SMILES string of the molecule is COCc1nc(CN)cs1. The van der Waals surface area contributed by atoms with E-state index in [0.717, 1.165) is 10.7 Å². The second-order valence-corrected chi connectivity index (χ2v) is 2.81. The normalized spacial score (nSPS) is 10.2. The van der Waals surface area contributed by atoms with E-state index in [-0.39, 0.29) is 0 Å². The Morgan fingerprint density at radius 3 is 3.10 bits per heavy atom. The van der Waals surface area contributed by atoms with Gasteiger partial charge in [-0.25, -0.2) is 4.98 Å². The summed E-state index contributed by atoms with van der Waals surface area (Å²) in [5.41, 5.74) is 6.30. The smallest absolute Gasteiger partial charge is 0.119 e. The molecule has 0 radical (unpaired) electrons. The summed E-state index contributed by atoms with van der Waals surface area (Å²) in [6.07, 6.45) is 0. The first-order valence-electron chi connectivity index (χ1n) is 2.99. The molecule has 0 atom stereocenters. The minimum Gasteiger partial charge on any atom is -0.378 e. The van der Waals surface area contributed by atoms with Crippen molar-refractivity contribution in [2.75, 3.05) is 7.11 Å². The molecule has 1 heterocycles. The fraction of sp³-hybridized carbons (Fsp3) is 0.500. The number of nitrogens with zero attached hydrogens (tertiary/aromatic N) is 1. The predicted octanol–water partition coefficient (Wildman–Crippen LogP) is 0.748. The molecule has 0 unspecified atom stereocenters. The van der Waals surface area contributed by atoms with Crippen LogP contribution in [0.3, 0.4) is 0 Å². The van der Waals surface area contributed by atoms with Gasteiger partial charge in [-0.15, -0.1) is 11.3 Å². The minimum absolute atomic E-state index is 0.514. The number of aromatic nitrogens is 1. The molecule has 0 saturated carbocycles. The highest BCUT2D eigenvalue weighted by molar-refractivity contribution is 7.09. The molecule has 0 aliphatic heterocycles. The van der Waals surface area contributed by atoms with E-state index in [1.54, 1.807) is 18.4 Å². The van der Waals surface area contributed by atoms with Crippen molar-refractivity contribution < 1.29 is 4.74 Å². The van der Waals surface area contributed by atoms with Crippen molar-refractivity contribution in [1.29, 1.82) is 0 Å². The quantitative estimate of drug-likeness (QED) is 0.706. The second-order valence-electron chi connectivity index (χ2n) is 1.87. The van der Waals surface area contributed by atoms with Crippen molar-refractivity contribution in [3.8, 4) is 0 Å². The summed E-state index contributed by atoms with van der Waals surface area (Å²) in [6.45, 7) is 1.10. The first-order chi connectivity index (χ1) is 4.86. The lowest BCUT2D eigenvalue weighted by atomic mass is 10.5. The van der Waals surface area contributed by atoms with E-state index in [1.807, 2.05) is 5.38 Å². The molecule has 0 aliphatic rings. The molecule has 0 spiro atoms. The van der Waals surface area contributed by atoms with E-state index in [4.69, 9.17) is 10.5 Å². The van der Waals surface area contributed by atoms with Gasteiger partial charge in [-0.2, -0.15) is 0 Å². The summed E-state index contributed by atoms with van der Waals surface area (Å²) in [6, 6.07) is 0. The number of hydrogen-bond donors (Lipinski definition) is 1. The van der Waals surface area contributed by atoms with Gasteiger partial charge in [0.05, 0.1) is 12.3 Å². The van der Waals surface area contributed by atoms with E-state index in [9.17, 15) is 0 Å². The lowest BCUT2D eigenvalue weighted by molar-refractivity contribution is 0.184. The van der Waals surface area contributed by atoms with Crippen LogP contribution in [0.15, 0.2) is 5.38 Å². The molecule has 56 valence electrons. The van der Waals surface area contributed by atoms with Crippen LogP contribution in [-0.2, 0) is 17.9 Å². The monoisotopic (exact) mass is 158 g/mol. The third kappa shape index (κ3) is 1.76. The van der Waals surface area contributed by atoms with Crippen LogP contribution < -0.4 is 5.73 Å². The maximum absolute atomic E-state index is 5.36. The Morgan fingerprint density at radius 2 is 2.60 bits per heavy atom. The lowest BCUT2D eigenvalue weighted by Gasteiger charge is -1.89. The topological polar surface area (TPSA) is 48.1 Å². The van der Waals surface area contributed by atoms with Gasteiger partial charge in [0.15, 0.2) is 0 Å². The number of hydrogen-bond acceptors (Lipinski definition) is 4. The minimum atomic E-state index is 0.514. The first kappa shape index (κ1) is 7.65. The molecule has 2 N–H and O–H groups in total. The van der Waals surface area contributed by atoms with Crippen LogP contribution in [0.4, 0.5) is 0 Å². The molecular formula is C6H10N2OS. The molecule has 4 heteroatoms. The van der Waals surface area contributed by atoms with E-state index >= 15 is 0 Å². The van der Waals surface area contributed by atoms with Crippen LogP contribution in [-0.4, -0.2) is 12.1 Å². The number of nitrogens with two attached hydrogens (primary N) is 1. The summed E-state index contributed by atoms with van der Waals surface area (Å²) in [5, 5.41) is 2.94. The molecule has 0 aliphatic carbocycles. The average Bonchev–Trinajstić information content (AvgIpc) is 2.37. The summed E-state index contributed by atoms with van der Waals surface area (Å²) >= 11 is 1.58. The zero-order valence-corrected chi connectivity index (χ0v) is 6.65. The molecule has 0 amide bonds. The predicted molar refractivity (Wildman–Crippen MR) is 40.7 cm³/mol. The van der Waals surface area contributed by atoms with Gasteiger partial charge in [0, 0.05) is 19.0 Å². The van der Waals surface area contributed by atoms with E-state index in [0.29, 0.717) is 13.2 Å². The van der Waals surface area contributed by atoms with E-state index in [1.165, 1.54) is 0 Å². The first-order valence-corrected chi connectivity index (χ1v) is 3.87. The molecule has 1 aromatic rings. The molecule has 10 heavy (non-hydrogen) atoms. The maximum Gasteiger partial charge on any atom is 0.119 e. The zero-order valence-electron chi connectivity index (χ0n) is 5.83. The van der Waals surface area contributed by atoms with Crippen LogP contribution in [0.5, 0.6) is 0 Å². The molecule has 0 fully saturated rings. The lowest BCUT2D eigenvalue weighted by Crippen LogP contribution is -1.96. The molecule has 1 rings (SSSR count). The Hall–Kier alpha value is -0.450. The van der Waals surface area contributed by atoms with Gasteiger partial charge in [0.1, 0.15) is 5.01 Å². The van der Waals surface area contributed by atoms with Crippen LogP contribution in [0, 0.1) is 0 Å². The Balaban J connectivity index is 2.59. The standard InChI is InChI=1S/C6H10N2OS/c1-9-3-6-8-5(2-7)4-10-6/h4H,2-3,7H2,1H3. The highest BCUT2D eigenvalue weighted by atomic mass is 32.1. The molecule has 0 aromatic carbocycles. The number of methoxy groups -OCH3 is 1. The number of ether oxygens (including phenoxy) is 1. The molecular weight excluding hydrogens is 148 g/mol. The Bertz CT molecular complexity index is 199. The van der Waals surface area contributed by atoms with Crippen LogP contribution in [0.25, 0.3) is 0 Å². The van der Waals surface area contributed by atoms with Crippen molar-refractivity contribution in [2.24, 2.45) is 5.73 Å². The van der Waals surface area contributed by atoms with Crippen molar-refractivity contribution in [3.05, 3.63) is 16.1 Å². The van der Waals surface area contributed by atoms with Gasteiger partial charge < -0.3 is 10.5 Å². The number of rotatable bonds is 3. The Morgan fingerprint density at radius 1 is 1.80 bits per heavy atom. The Labute approximate surface area is 63.8 Å². The van der Waals surface area contributed by atoms with Gasteiger partial charge in [0.25, 0.3) is 0 Å². The molecule has 0 saturated heterocycles. The largest absolute Gasteiger partial charge is 0.378 e. The van der Waals surface area contributed by atoms with E-state index < -0.39 is 0 Å². The third-order valence-corrected chi connectivity index (χ3v) is 1.95. The van der Waals surface area contributed by atoms with Gasteiger partial charge in [-0.05, 0) is 0 Å². The average molecular weight is 158 g/mol. The number of thiazole rings is 1. The van der Waals surface area contributed by atoms with Crippen LogP contribution in [0.2, 0.25) is 0 Å². The van der Waals surface area contributed by atoms with Crippen molar-refractivity contribution in [1.82, 2.24) is 4.98 Å². The summed E-state index contributed by atoms with van der Waals surface area (Å²) in [5.74, 6) is 0. The third-order valence-electron chi connectivity index (χ3n) is 1.08. The fourth-order valence-electron chi connectivity index (χ4n) is 0.632. The second kappa shape index (κ2) is 3.65. The van der Waals surface area contributed by atoms with Crippen LogP contribution >= 0.6 is 11.3 Å². The van der Waals surface area contributed by atoms with Crippen molar-refractivity contribution in [3.63, 3.8) is 0 Å². The molecule has 1 aromatic heterocycles. The molecule has 0 bridgehead atoms.